The number of benzene rings is 1. The van der Waals surface area contributed by atoms with Crippen LogP contribution in [-0.2, 0) is 9.94 Å². The second kappa shape index (κ2) is 5.66. The van der Waals surface area contributed by atoms with Crippen molar-refractivity contribution in [1.82, 2.24) is 5.06 Å². The molecule has 0 spiro atoms. The van der Waals surface area contributed by atoms with Crippen LogP contribution in [0.4, 0.5) is 10.5 Å². The third-order valence-corrected chi connectivity index (χ3v) is 3.85. The lowest BCUT2D eigenvalue weighted by Crippen LogP contribution is -2.60. The van der Waals surface area contributed by atoms with Crippen molar-refractivity contribution in [3.05, 3.63) is 30.3 Å². The van der Waals surface area contributed by atoms with Gasteiger partial charge in [0.05, 0.1) is 0 Å². The summed E-state index contributed by atoms with van der Waals surface area (Å²) >= 11 is 0. The van der Waals surface area contributed by atoms with E-state index in [4.69, 9.17) is 4.74 Å². The molecule has 5 nitrogen and oxygen atoms in total. The molecule has 21 heavy (non-hydrogen) atoms. The molecule has 1 saturated heterocycles. The fourth-order valence-corrected chi connectivity index (χ4v) is 3.08. The lowest BCUT2D eigenvalue weighted by Gasteiger charge is -2.49. The van der Waals surface area contributed by atoms with E-state index < -0.39 is 17.2 Å². The van der Waals surface area contributed by atoms with Crippen LogP contribution in [0.2, 0.25) is 0 Å². The van der Waals surface area contributed by atoms with Gasteiger partial charge in [0.1, 0.15) is 6.10 Å². The Morgan fingerprint density at radius 3 is 2.19 bits per heavy atom. The highest BCUT2D eigenvalue weighted by molar-refractivity contribution is 5.84. The van der Waals surface area contributed by atoms with E-state index in [2.05, 4.69) is 5.32 Å². The van der Waals surface area contributed by atoms with Crippen molar-refractivity contribution in [2.24, 2.45) is 0 Å². The largest absolute Gasteiger partial charge is 0.446 e. The van der Waals surface area contributed by atoms with Gasteiger partial charge < -0.3 is 4.74 Å². The lowest BCUT2D eigenvalue weighted by atomic mass is 9.80. The van der Waals surface area contributed by atoms with Crippen molar-refractivity contribution >= 4 is 11.8 Å². The average Bonchev–Trinajstić information content (AvgIpc) is 2.36. The third-order valence-electron chi connectivity index (χ3n) is 3.85. The molecule has 1 heterocycles. The molecule has 0 aliphatic carbocycles. The van der Waals surface area contributed by atoms with Gasteiger partial charge in [-0.05, 0) is 39.8 Å². The Balaban J connectivity index is 1.98. The molecule has 0 atom stereocenters. The molecule has 0 unspecified atom stereocenters. The Morgan fingerprint density at radius 1 is 1.14 bits per heavy atom. The Morgan fingerprint density at radius 2 is 1.67 bits per heavy atom. The second-order valence-corrected chi connectivity index (χ2v) is 6.85. The lowest BCUT2D eigenvalue weighted by molar-refractivity contribution is -0.297. The minimum atomic E-state index is -0.542. The van der Waals surface area contributed by atoms with E-state index in [1.54, 1.807) is 12.1 Å². The maximum absolute atomic E-state index is 12.3. The molecule has 2 rings (SSSR count). The molecule has 0 bridgehead atoms. The first kappa shape index (κ1) is 15.8. The fourth-order valence-electron chi connectivity index (χ4n) is 3.08. The fraction of sp³-hybridized carbons (Fsp3) is 0.562. The van der Waals surface area contributed by atoms with Crippen molar-refractivity contribution in [2.75, 3.05) is 5.32 Å². The Labute approximate surface area is 125 Å². The van der Waals surface area contributed by atoms with Gasteiger partial charge in [-0.1, -0.05) is 18.2 Å². The normalized spacial score (nSPS) is 21.8. The number of carbonyl (C=O) groups is 1. The first-order valence-electron chi connectivity index (χ1n) is 7.21. The summed E-state index contributed by atoms with van der Waals surface area (Å²) in [7, 11) is 0. The van der Waals surface area contributed by atoms with Crippen LogP contribution in [0.1, 0.15) is 40.5 Å². The molecule has 5 heteroatoms. The van der Waals surface area contributed by atoms with Crippen LogP contribution in [0.25, 0.3) is 0 Å². The summed E-state index contributed by atoms with van der Waals surface area (Å²) in [5, 5.41) is 16.1. The summed E-state index contributed by atoms with van der Waals surface area (Å²) in [4.78, 5) is 12.0. The quantitative estimate of drug-likeness (QED) is 0.905. The molecular formula is C16H23N2O3. The smallest absolute Gasteiger partial charge is 0.411 e. The summed E-state index contributed by atoms with van der Waals surface area (Å²) in [5.74, 6) is 0. The summed E-state index contributed by atoms with van der Waals surface area (Å²) in [6, 6.07) is 9.17. The molecule has 0 aromatic heterocycles. The van der Waals surface area contributed by atoms with Crippen LogP contribution in [0, 0.1) is 0 Å². The first-order chi connectivity index (χ1) is 9.71. The van der Waals surface area contributed by atoms with Gasteiger partial charge in [-0.3, -0.25) is 5.32 Å². The highest BCUT2D eigenvalue weighted by Gasteiger charge is 2.47. The molecule has 1 radical (unpaired) electrons. The number of hydrogen-bond acceptors (Lipinski definition) is 3. The number of nitrogens with one attached hydrogen (secondary N) is 1. The van der Waals surface area contributed by atoms with Gasteiger partial charge in [0.15, 0.2) is 0 Å². The number of rotatable bonds is 2. The van der Waals surface area contributed by atoms with Crippen molar-refractivity contribution in [3.8, 4) is 0 Å². The van der Waals surface area contributed by atoms with Gasteiger partial charge in [-0.25, -0.2) is 4.79 Å². The number of anilines is 1. The van der Waals surface area contributed by atoms with Gasteiger partial charge in [-0.2, -0.15) is 0 Å². The number of nitrogens with zero attached hydrogens (tertiary/aromatic N) is 1. The molecule has 1 aliphatic heterocycles. The zero-order valence-electron chi connectivity index (χ0n) is 13.1. The number of piperidine rings is 1. The van der Waals surface area contributed by atoms with Crippen LogP contribution in [0.3, 0.4) is 0 Å². The zero-order valence-corrected chi connectivity index (χ0v) is 13.1. The molecule has 1 aromatic carbocycles. The van der Waals surface area contributed by atoms with Crippen molar-refractivity contribution in [3.63, 3.8) is 0 Å². The van der Waals surface area contributed by atoms with E-state index in [1.807, 2.05) is 45.9 Å². The monoisotopic (exact) mass is 291 g/mol. The Kier molecular flexibility index (Phi) is 4.25. The van der Waals surface area contributed by atoms with Crippen LogP contribution < -0.4 is 5.32 Å². The molecule has 1 aromatic rings. The van der Waals surface area contributed by atoms with Crippen LogP contribution >= 0.6 is 0 Å². The second-order valence-electron chi connectivity index (χ2n) is 6.85. The summed E-state index contributed by atoms with van der Waals surface area (Å²) in [5.41, 5.74) is -0.388. The van der Waals surface area contributed by atoms with Crippen molar-refractivity contribution in [1.29, 1.82) is 0 Å². The zero-order chi connectivity index (χ0) is 15.7. The van der Waals surface area contributed by atoms with Gasteiger partial charge in [0, 0.05) is 29.6 Å². The molecule has 115 valence electrons. The van der Waals surface area contributed by atoms with Crippen molar-refractivity contribution in [2.45, 2.75) is 57.7 Å². The minimum Gasteiger partial charge on any atom is -0.446 e. The standard InChI is InChI=1S/C16H23N2O3/c1-15(2)10-13(11-16(3,4)18(15)20)21-14(19)17-12-8-6-5-7-9-12/h5-9,13H,10-11H2,1-4H3,(H,17,19). The molecular weight excluding hydrogens is 268 g/mol. The number of para-hydroxylation sites is 1. The predicted octanol–water partition coefficient (Wildman–Crippen LogP) is 3.60. The van der Waals surface area contributed by atoms with Crippen molar-refractivity contribution < 1.29 is 14.7 Å². The number of ether oxygens (including phenoxy) is 1. The number of hydrogen-bond donors (Lipinski definition) is 1. The van der Waals surface area contributed by atoms with E-state index in [-0.39, 0.29) is 6.10 Å². The Hall–Kier alpha value is -1.59. The maximum Gasteiger partial charge on any atom is 0.411 e. The van der Waals surface area contributed by atoms with Gasteiger partial charge in [0.25, 0.3) is 0 Å². The molecule has 1 N–H and O–H groups in total. The number of carbonyl (C=O) groups excluding carboxylic acids is 1. The summed E-state index contributed by atoms with van der Waals surface area (Å²) < 4.78 is 5.50. The molecule has 1 aliphatic rings. The summed E-state index contributed by atoms with van der Waals surface area (Å²) in [6.45, 7) is 7.53. The van der Waals surface area contributed by atoms with E-state index in [0.717, 1.165) is 5.06 Å². The van der Waals surface area contributed by atoms with Crippen LogP contribution in [0.5, 0.6) is 0 Å². The minimum absolute atomic E-state index is 0.260. The Bertz CT molecular complexity index is 482. The highest BCUT2D eigenvalue weighted by Crippen LogP contribution is 2.38. The average molecular weight is 291 g/mol. The number of hydroxylamine groups is 2. The van der Waals surface area contributed by atoms with Crippen LogP contribution in [-0.4, -0.2) is 28.3 Å². The summed E-state index contributed by atoms with van der Waals surface area (Å²) in [6.07, 6.45) is 0.325. The van der Waals surface area contributed by atoms with E-state index >= 15 is 0 Å². The first-order valence-corrected chi connectivity index (χ1v) is 7.21. The van der Waals surface area contributed by atoms with E-state index in [0.29, 0.717) is 18.5 Å². The highest BCUT2D eigenvalue weighted by atomic mass is 16.6. The molecule has 1 fully saturated rings. The van der Waals surface area contributed by atoms with Crippen LogP contribution in [0.15, 0.2) is 30.3 Å². The third kappa shape index (κ3) is 3.74. The topological polar surface area (TPSA) is 61.5 Å². The number of amides is 1. The van der Waals surface area contributed by atoms with E-state index in [1.165, 1.54) is 0 Å². The molecule has 0 saturated carbocycles. The molecule has 1 amide bonds. The SMILES string of the molecule is CC1(C)CC(OC(=O)Nc2ccccc2)CC(C)(C)N1[O]. The van der Waals surface area contributed by atoms with Gasteiger partial charge in [0.2, 0.25) is 0 Å². The predicted molar refractivity (Wildman–Crippen MR) is 80.3 cm³/mol. The maximum atomic E-state index is 12.3. The van der Waals surface area contributed by atoms with E-state index in [9.17, 15) is 10.0 Å². The van der Waals surface area contributed by atoms with Gasteiger partial charge >= 0.3 is 6.09 Å². The van der Waals surface area contributed by atoms with Gasteiger partial charge in [-0.15, -0.1) is 10.3 Å².